The summed E-state index contributed by atoms with van der Waals surface area (Å²) in [6, 6.07) is 4.30. The van der Waals surface area contributed by atoms with Crippen LogP contribution in [0.1, 0.15) is 38.7 Å². The first-order valence-corrected chi connectivity index (χ1v) is 6.72. The van der Waals surface area contributed by atoms with Crippen LogP contribution in [0, 0.1) is 23.6 Å². The van der Waals surface area contributed by atoms with E-state index >= 15 is 0 Å². The molecule has 0 aliphatic carbocycles. The van der Waals surface area contributed by atoms with Gasteiger partial charge in [0, 0.05) is 18.5 Å². The predicted octanol–water partition coefficient (Wildman–Crippen LogP) is 2.93. The summed E-state index contributed by atoms with van der Waals surface area (Å²) in [5.74, 6) is 5.25. The quantitative estimate of drug-likeness (QED) is 0.813. The lowest BCUT2D eigenvalue weighted by atomic mass is 10.1. The highest BCUT2D eigenvalue weighted by atomic mass is 19.1. The van der Waals surface area contributed by atoms with Crippen LogP contribution in [-0.2, 0) is 4.79 Å². The van der Waals surface area contributed by atoms with E-state index < -0.39 is 5.82 Å². The van der Waals surface area contributed by atoms with E-state index in [4.69, 9.17) is 5.11 Å². The van der Waals surface area contributed by atoms with Crippen LogP contribution < -0.4 is 5.32 Å². The molecule has 4 heteroatoms. The van der Waals surface area contributed by atoms with E-state index in [2.05, 4.69) is 31.0 Å². The molecule has 0 atom stereocenters. The molecule has 1 rings (SSSR count). The highest BCUT2D eigenvalue weighted by molar-refractivity contribution is 5.90. The molecular formula is C16H20FNO2. The standard InChI is InChI=1S/C16H20FNO2/c1-12(2)6-9-16(20)18-14-7-8-15(17)13(11-14)5-3-4-10-19/h7-8,11-12,19H,4,6,9-10H2,1-2H3,(H,18,20). The van der Waals surface area contributed by atoms with E-state index in [1.807, 2.05) is 0 Å². The Labute approximate surface area is 119 Å². The van der Waals surface area contributed by atoms with Crippen LogP contribution in [0.25, 0.3) is 0 Å². The highest BCUT2D eigenvalue weighted by Crippen LogP contribution is 2.15. The van der Waals surface area contributed by atoms with Crippen LogP contribution in [-0.4, -0.2) is 17.6 Å². The molecule has 3 nitrogen and oxygen atoms in total. The molecule has 1 amide bonds. The van der Waals surface area contributed by atoms with E-state index in [1.165, 1.54) is 18.2 Å². The van der Waals surface area contributed by atoms with E-state index in [1.54, 1.807) is 0 Å². The molecule has 0 aliphatic rings. The van der Waals surface area contributed by atoms with Gasteiger partial charge < -0.3 is 10.4 Å². The fraction of sp³-hybridized carbons (Fsp3) is 0.438. The lowest BCUT2D eigenvalue weighted by Gasteiger charge is -2.07. The molecule has 0 heterocycles. The number of amides is 1. The number of carbonyl (C=O) groups excluding carboxylic acids is 1. The number of carbonyl (C=O) groups is 1. The molecule has 0 saturated carbocycles. The number of aliphatic hydroxyl groups excluding tert-OH is 1. The van der Waals surface area contributed by atoms with Gasteiger partial charge >= 0.3 is 0 Å². The second-order valence-corrected chi connectivity index (χ2v) is 4.95. The number of benzene rings is 1. The first-order valence-electron chi connectivity index (χ1n) is 6.72. The van der Waals surface area contributed by atoms with Crippen LogP contribution in [0.4, 0.5) is 10.1 Å². The Bertz CT molecular complexity index is 515. The summed E-state index contributed by atoms with van der Waals surface area (Å²) in [7, 11) is 0. The average molecular weight is 277 g/mol. The summed E-state index contributed by atoms with van der Waals surface area (Å²) in [4.78, 5) is 11.7. The number of hydrogen-bond acceptors (Lipinski definition) is 2. The Hall–Kier alpha value is -1.86. The van der Waals surface area contributed by atoms with E-state index in [0.717, 1.165) is 6.42 Å². The average Bonchev–Trinajstić information content (AvgIpc) is 2.40. The first kappa shape index (κ1) is 16.2. The summed E-state index contributed by atoms with van der Waals surface area (Å²) in [5.41, 5.74) is 0.758. The summed E-state index contributed by atoms with van der Waals surface area (Å²) in [6.07, 6.45) is 1.56. The van der Waals surface area contributed by atoms with Crippen LogP contribution in [0.2, 0.25) is 0 Å². The maximum absolute atomic E-state index is 13.5. The van der Waals surface area contributed by atoms with Gasteiger partial charge in [0.15, 0.2) is 0 Å². The molecule has 0 unspecified atom stereocenters. The van der Waals surface area contributed by atoms with Crippen LogP contribution in [0.15, 0.2) is 18.2 Å². The van der Waals surface area contributed by atoms with Crippen molar-refractivity contribution in [3.05, 3.63) is 29.6 Å². The summed E-state index contributed by atoms with van der Waals surface area (Å²) in [5, 5.41) is 11.4. The molecule has 1 aromatic carbocycles. The molecule has 20 heavy (non-hydrogen) atoms. The van der Waals surface area contributed by atoms with Gasteiger partial charge in [-0.2, -0.15) is 0 Å². The van der Waals surface area contributed by atoms with Crippen molar-refractivity contribution in [1.82, 2.24) is 0 Å². The lowest BCUT2D eigenvalue weighted by Crippen LogP contribution is -2.12. The smallest absolute Gasteiger partial charge is 0.224 e. The number of aliphatic hydroxyl groups is 1. The molecule has 0 fully saturated rings. The van der Waals surface area contributed by atoms with Crippen molar-refractivity contribution in [2.45, 2.75) is 33.1 Å². The van der Waals surface area contributed by atoms with Crippen molar-refractivity contribution < 1.29 is 14.3 Å². The molecule has 2 N–H and O–H groups in total. The monoisotopic (exact) mass is 277 g/mol. The zero-order chi connectivity index (χ0) is 15.0. The second-order valence-electron chi connectivity index (χ2n) is 4.95. The van der Waals surface area contributed by atoms with Gasteiger partial charge in [0.25, 0.3) is 0 Å². The van der Waals surface area contributed by atoms with E-state index in [9.17, 15) is 9.18 Å². The maximum Gasteiger partial charge on any atom is 0.224 e. The number of hydrogen-bond donors (Lipinski definition) is 2. The Morgan fingerprint density at radius 2 is 2.20 bits per heavy atom. The van der Waals surface area contributed by atoms with Crippen molar-refractivity contribution in [1.29, 1.82) is 0 Å². The minimum absolute atomic E-state index is 0.0553. The predicted molar refractivity (Wildman–Crippen MR) is 77.7 cm³/mol. The third kappa shape index (κ3) is 5.85. The number of anilines is 1. The van der Waals surface area contributed by atoms with Gasteiger partial charge in [-0.15, -0.1) is 0 Å². The molecule has 0 bridgehead atoms. The second kappa shape index (κ2) is 8.34. The summed E-state index contributed by atoms with van der Waals surface area (Å²) in [6.45, 7) is 4.06. The molecule has 0 saturated heterocycles. The van der Waals surface area contributed by atoms with Crippen molar-refractivity contribution in [2.24, 2.45) is 5.92 Å². The topological polar surface area (TPSA) is 49.3 Å². The maximum atomic E-state index is 13.5. The Balaban J connectivity index is 2.70. The normalized spacial score (nSPS) is 10.1. The van der Waals surface area contributed by atoms with Gasteiger partial charge in [-0.3, -0.25) is 4.79 Å². The Morgan fingerprint density at radius 1 is 1.45 bits per heavy atom. The fourth-order valence-electron chi connectivity index (χ4n) is 1.56. The molecule has 0 radical (unpaired) electrons. The summed E-state index contributed by atoms with van der Waals surface area (Å²) >= 11 is 0. The molecular weight excluding hydrogens is 257 g/mol. The van der Waals surface area contributed by atoms with Crippen molar-refractivity contribution in [2.75, 3.05) is 11.9 Å². The fourth-order valence-corrected chi connectivity index (χ4v) is 1.56. The van der Waals surface area contributed by atoms with Crippen molar-refractivity contribution >= 4 is 11.6 Å². The minimum Gasteiger partial charge on any atom is -0.395 e. The van der Waals surface area contributed by atoms with Gasteiger partial charge in [-0.1, -0.05) is 25.7 Å². The van der Waals surface area contributed by atoms with Crippen molar-refractivity contribution in [3.8, 4) is 11.8 Å². The van der Waals surface area contributed by atoms with Crippen LogP contribution >= 0.6 is 0 Å². The minimum atomic E-state index is -0.435. The zero-order valence-corrected chi connectivity index (χ0v) is 11.9. The number of halogens is 1. The van der Waals surface area contributed by atoms with Gasteiger partial charge in [-0.25, -0.2) is 4.39 Å². The zero-order valence-electron chi connectivity index (χ0n) is 11.9. The molecule has 108 valence electrons. The van der Waals surface area contributed by atoms with E-state index in [0.29, 0.717) is 24.4 Å². The third-order valence-electron chi connectivity index (χ3n) is 2.66. The number of nitrogens with one attached hydrogen (secondary N) is 1. The third-order valence-corrected chi connectivity index (χ3v) is 2.66. The largest absolute Gasteiger partial charge is 0.395 e. The highest BCUT2D eigenvalue weighted by Gasteiger charge is 2.06. The Morgan fingerprint density at radius 3 is 2.85 bits per heavy atom. The molecule has 0 aromatic heterocycles. The lowest BCUT2D eigenvalue weighted by molar-refractivity contribution is -0.116. The molecule has 0 spiro atoms. The van der Waals surface area contributed by atoms with Crippen LogP contribution in [0.5, 0.6) is 0 Å². The molecule has 1 aromatic rings. The number of rotatable bonds is 5. The van der Waals surface area contributed by atoms with E-state index in [-0.39, 0.29) is 18.1 Å². The SMILES string of the molecule is CC(C)CCC(=O)Nc1ccc(F)c(C#CCCO)c1. The van der Waals surface area contributed by atoms with Gasteiger partial charge in [0.05, 0.1) is 12.2 Å². The molecule has 0 aliphatic heterocycles. The van der Waals surface area contributed by atoms with Crippen LogP contribution in [0.3, 0.4) is 0 Å². The van der Waals surface area contributed by atoms with Gasteiger partial charge in [0.1, 0.15) is 5.82 Å². The van der Waals surface area contributed by atoms with Crippen molar-refractivity contribution in [3.63, 3.8) is 0 Å². The first-order chi connectivity index (χ1) is 9.52. The summed E-state index contributed by atoms with van der Waals surface area (Å²) < 4.78 is 13.5. The van der Waals surface area contributed by atoms with Gasteiger partial charge in [0.2, 0.25) is 5.91 Å². The Kier molecular flexibility index (Phi) is 6.75. The van der Waals surface area contributed by atoms with Gasteiger partial charge in [-0.05, 0) is 30.5 Å².